The van der Waals surface area contributed by atoms with Crippen LogP contribution in [0.3, 0.4) is 0 Å². The number of rotatable bonds is 5. The second-order valence-corrected chi connectivity index (χ2v) is 4.13. The first-order valence-corrected chi connectivity index (χ1v) is 5.87. The molecule has 2 rings (SSSR count). The molecule has 0 bridgehead atoms. The topological polar surface area (TPSA) is 75.5 Å². The average Bonchev–Trinajstić information content (AvgIpc) is 3.01. The Bertz CT molecular complexity index is 412. The third-order valence-corrected chi connectivity index (χ3v) is 2.90. The van der Waals surface area contributed by atoms with Crippen LogP contribution in [0.25, 0.3) is 0 Å². The lowest BCUT2D eigenvalue weighted by Gasteiger charge is -2.11. The van der Waals surface area contributed by atoms with Gasteiger partial charge in [-0.05, 0) is 12.8 Å². The molecule has 0 saturated carbocycles. The number of aromatic nitrogens is 3. The Balaban J connectivity index is 2.17. The zero-order valence-electron chi connectivity index (χ0n) is 10.6. The molecule has 1 unspecified atom stereocenters. The summed E-state index contributed by atoms with van der Waals surface area (Å²) in [5, 5.41) is 7.82. The van der Waals surface area contributed by atoms with Crippen LogP contribution in [0, 0.1) is 0 Å². The van der Waals surface area contributed by atoms with Crippen LogP contribution in [-0.2, 0) is 27.4 Å². The number of ether oxygens (including phenoxy) is 3. The van der Waals surface area contributed by atoms with Gasteiger partial charge in [-0.25, -0.2) is 9.48 Å². The monoisotopic (exact) mass is 255 g/mol. The largest absolute Gasteiger partial charge is 0.464 e. The third kappa shape index (κ3) is 2.68. The van der Waals surface area contributed by atoms with Crippen molar-refractivity contribution in [3.05, 3.63) is 11.4 Å². The lowest BCUT2D eigenvalue weighted by atomic mass is 10.2. The molecule has 7 heteroatoms. The smallest absolute Gasteiger partial charge is 0.360 e. The molecule has 1 aliphatic heterocycles. The minimum absolute atomic E-state index is 0.132. The van der Waals surface area contributed by atoms with Crippen molar-refractivity contribution in [1.29, 1.82) is 0 Å². The van der Waals surface area contributed by atoms with Crippen LogP contribution in [-0.4, -0.2) is 47.9 Å². The van der Waals surface area contributed by atoms with E-state index in [1.807, 2.05) is 0 Å². The van der Waals surface area contributed by atoms with Gasteiger partial charge in [0.15, 0.2) is 5.69 Å². The van der Waals surface area contributed by atoms with Gasteiger partial charge in [0.1, 0.15) is 0 Å². The van der Waals surface area contributed by atoms with Gasteiger partial charge in [-0.15, -0.1) is 5.10 Å². The van der Waals surface area contributed by atoms with Crippen molar-refractivity contribution in [2.75, 3.05) is 20.8 Å². The van der Waals surface area contributed by atoms with Gasteiger partial charge < -0.3 is 14.2 Å². The first-order valence-electron chi connectivity index (χ1n) is 5.87. The fourth-order valence-corrected chi connectivity index (χ4v) is 2.00. The van der Waals surface area contributed by atoms with Crippen LogP contribution in [0.5, 0.6) is 0 Å². The molecule has 7 nitrogen and oxygen atoms in total. The van der Waals surface area contributed by atoms with Gasteiger partial charge in [0.05, 0.1) is 32.1 Å². The Hall–Kier alpha value is -1.47. The first kappa shape index (κ1) is 13.0. The van der Waals surface area contributed by atoms with Crippen LogP contribution in [0.4, 0.5) is 0 Å². The molecule has 100 valence electrons. The highest BCUT2D eigenvalue weighted by molar-refractivity contribution is 5.88. The summed E-state index contributed by atoms with van der Waals surface area (Å²) in [7, 11) is 2.88. The molecule has 1 aromatic heterocycles. The van der Waals surface area contributed by atoms with E-state index in [-0.39, 0.29) is 18.4 Å². The molecule has 1 aliphatic rings. The normalized spacial score (nSPS) is 19.1. The van der Waals surface area contributed by atoms with Crippen molar-refractivity contribution in [1.82, 2.24) is 15.0 Å². The van der Waals surface area contributed by atoms with Crippen molar-refractivity contribution >= 4 is 5.97 Å². The summed E-state index contributed by atoms with van der Waals surface area (Å²) in [6.07, 6.45) is 2.19. The molecule has 0 aliphatic carbocycles. The molecular formula is C11H17N3O4. The molecule has 1 aromatic rings. The molecule has 1 atom stereocenters. The van der Waals surface area contributed by atoms with E-state index in [0.717, 1.165) is 19.4 Å². The van der Waals surface area contributed by atoms with Crippen LogP contribution < -0.4 is 0 Å². The number of carbonyl (C=O) groups excluding carboxylic acids is 1. The van der Waals surface area contributed by atoms with E-state index in [0.29, 0.717) is 12.2 Å². The molecule has 1 saturated heterocycles. The van der Waals surface area contributed by atoms with Gasteiger partial charge in [0, 0.05) is 13.7 Å². The van der Waals surface area contributed by atoms with Crippen LogP contribution >= 0.6 is 0 Å². The fourth-order valence-electron chi connectivity index (χ4n) is 2.00. The molecule has 1 fully saturated rings. The van der Waals surface area contributed by atoms with Crippen LogP contribution in [0.2, 0.25) is 0 Å². The number of hydrogen-bond donors (Lipinski definition) is 0. The minimum Gasteiger partial charge on any atom is -0.464 e. The maximum absolute atomic E-state index is 11.5. The van der Waals surface area contributed by atoms with Gasteiger partial charge in [-0.1, -0.05) is 5.21 Å². The Morgan fingerprint density at radius 3 is 3.00 bits per heavy atom. The summed E-state index contributed by atoms with van der Waals surface area (Å²) in [6.45, 7) is 1.63. The first-order chi connectivity index (χ1) is 8.76. The number of carbonyl (C=O) groups is 1. The molecule has 18 heavy (non-hydrogen) atoms. The standard InChI is InChI=1S/C11H17N3O4/c1-16-7-9-10(11(15)17-2)12-13-14(9)6-8-4-3-5-18-8/h8H,3-7H2,1-2H3. The summed E-state index contributed by atoms with van der Waals surface area (Å²) in [5.74, 6) is -0.499. The van der Waals surface area contributed by atoms with Crippen LogP contribution in [0.15, 0.2) is 0 Å². The van der Waals surface area contributed by atoms with E-state index < -0.39 is 5.97 Å². The lowest BCUT2D eigenvalue weighted by Crippen LogP contribution is -2.19. The highest BCUT2D eigenvalue weighted by Crippen LogP contribution is 2.16. The Morgan fingerprint density at radius 1 is 1.56 bits per heavy atom. The summed E-state index contributed by atoms with van der Waals surface area (Å²) in [6, 6.07) is 0. The van der Waals surface area contributed by atoms with Crippen molar-refractivity contribution in [2.24, 2.45) is 0 Å². The highest BCUT2D eigenvalue weighted by Gasteiger charge is 2.23. The van der Waals surface area contributed by atoms with Gasteiger partial charge >= 0.3 is 5.97 Å². The number of esters is 1. The summed E-state index contributed by atoms with van der Waals surface area (Å²) in [4.78, 5) is 11.5. The minimum atomic E-state index is -0.499. The predicted octanol–water partition coefficient (Wildman–Crippen LogP) is 0.390. The Morgan fingerprint density at radius 2 is 2.39 bits per heavy atom. The SMILES string of the molecule is COCc1c(C(=O)OC)nnn1CC1CCCO1. The van der Waals surface area contributed by atoms with E-state index in [1.165, 1.54) is 7.11 Å². The predicted molar refractivity (Wildman–Crippen MR) is 61.0 cm³/mol. The average molecular weight is 255 g/mol. The highest BCUT2D eigenvalue weighted by atomic mass is 16.5. The summed E-state index contributed by atoms with van der Waals surface area (Å²) >= 11 is 0. The summed E-state index contributed by atoms with van der Waals surface area (Å²) in [5.41, 5.74) is 0.831. The second kappa shape index (κ2) is 5.92. The van der Waals surface area contributed by atoms with Crippen molar-refractivity contribution in [2.45, 2.75) is 32.1 Å². The van der Waals surface area contributed by atoms with Crippen molar-refractivity contribution in [3.63, 3.8) is 0 Å². The molecule has 0 amide bonds. The Kier molecular flexibility index (Phi) is 4.27. The lowest BCUT2D eigenvalue weighted by molar-refractivity contribution is 0.0587. The van der Waals surface area contributed by atoms with Crippen LogP contribution in [0.1, 0.15) is 29.0 Å². The van der Waals surface area contributed by atoms with E-state index in [1.54, 1.807) is 11.8 Å². The zero-order chi connectivity index (χ0) is 13.0. The maximum atomic E-state index is 11.5. The molecule has 0 N–H and O–H groups in total. The number of methoxy groups -OCH3 is 2. The zero-order valence-corrected chi connectivity index (χ0v) is 10.6. The molecule has 0 aromatic carbocycles. The third-order valence-electron chi connectivity index (χ3n) is 2.90. The summed E-state index contributed by atoms with van der Waals surface area (Å²) < 4.78 is 16.9. The molecule has 0 spiro atoms. The second-order valence-electron chi connectivity index (χ2n) is 4.13. The molecule has 0 radical (unpaired) electrons. The van der Waals surface area contributed by atoms with E-state index in [4.69, 9.17) is 9.47 Å². The molecular weight excluding hydrogens is 238 g/mol. The van der Waals surface area contributed by atoms with Crippen molar-refractivity contribution < 1.29 is 19.0 Å². The quantitative estimate of drug-likeness (QED) is 0.708. The number of nitrogens with zero attached hydrogens (tertiary/aromatic N) is 3. The van der Waals surface area contributed by atoms with Gasteiger partial charge in [0.25, 0.3) is 0 Å². The van der Waals surface area contributed by atoms with Gasteiger partial charge in [-0.3, -0.25) is 0 Å². The Labute approximate surface area is 105 Å². The maximum Gasteiger partial charge on any atom is 0.360 e. The van der Waals surface area contributed by atoms with Gasteiger partial charge in [-0.2, -0.15) is 0 Å². The van der Waals surface area contributed by atoms with E-state index in [9.17, 15) is 4.79 Å². The van der Waals surface area contributed by atoms with E-state index in [2.05, 4.69) is 15.0 Å². The van der Waals surface area contributed by atoms with Gasteiger partial charge in [0.2, 0.25) is 0 Å². The molecule has 2 heterocycles. The number of hydrogen-bond acceptors (Lipinski definition) is 6. The van der Waals surface area contributed by atoms with Crippen molar-refractivity contribution in [3.8, 4) is 0 Å². The van der Waals surface area contributed by atoms with E-state index >= 15 is 0 Å². The fraction of sp³-hybridized carbons (Fsp3) is 0.727.